The molecule has 0 unspecified atom stereocenters. The SMILES string of the molecule is COc1cc(N)c2nc3c(cc2c1)CCCC3. The van der Waals surface area contributed by atoms with E-state index >= 15 is 0 Å². The second-order valence-electron chi connectivity index (χ2n) is 4.59. The van der Waals surface area contributed by atoms with E-state index in [1.165, 1.54) is 24.1 Å². The van der Waals surface area contributed by atoms with Gasteiger partial charge in [0.15, 0.2) is 0 Å². The van der Waals surface area contributed by atoms with Gasteiger partial charge in [-0.25, -0.2) is 0 Å². The van der Waals surface area contributed by atoms with E-state index in [0.717, 1.165) is 29.5 Å². The lowest BCUT2D eigenvalue weighted by Crippen LogP contribution is -2.06. The first-order valence-corrected chi connectivity index (χ1v) is 6.04. The fourth-order valence-corrected chi connectivity index (χ4v) is 2.53. The predicted octanol–water partition coefficient (Wildman–Crippen LogP) is 2.70. The van der Waals surface area contributed by atoms with Crippen LogP contribution in [0.15, 0.2) is 18.2 Å². The van der Waals surface area contributed by atoms with Gasteiger partial charge in [0.2, 0.25) is 0 Å². The van der Waals surface area contributed by atoms with Gasteiger partial charge in [-0.1, -0.05) is 0 Å². The summed E-state index contributed by atoms with van der Waals surface area (Å²) in [5, 5.41) is 1.09. The molecule has 1 heterocycles. The number of rotatable bonds is 1. The highest BCUT2D eigenvalue weighted by atomic mass is 16.5. The van der Waals surface area contributed by atoms with Crippen LogP contribution in [0.5, 0.6) is 5.75 Å². The average molecular weight is 228 g/mol. The van der Waals surface area contributed by atoms with Crippen LogP contribution in [0.3, 0.4) is 0 Å². The van der Waals surface area contributed by atoms with Gasteiger partial charge in [0, 0.05) is 17.1 Å². The van der Waals surface area contributed by atoms with E-state index in [2.05, 4.69) is 6.07 Å². The summed E-state index contributed by atoms with van der Waals surface area (Å²) in [6.07, 6.45) is 4.72. The van der Waals surface area contributed by atoms with Gasteiger partial charge in [-0.05, 0) is 43.4 Å². The van der Waals surface area contributed by atoms with Crippen LogP contribution >= 0.6 is 0 Å². The van der Waals surface area contributed by atoms with Gasteiger partial charge in [-0.2, -0.15) is 0 Å². The Morgan fingerprint density at radius 1 is 1.18 bits per heavy atom. The second-order valence-corrected chi connectivity index (χ2v) is 4.59. The normalized spacial score (nSPS) is 14.6. The minimum absolute atomic E-state index is 0.702. The number of benzene rings is 1. The molecule has 0 aliphatic heterocycles. The first-order valence-electron chi connectivity index (χ1n) is 6.04. The third-order valence-electron chi connectivity index (χ3n) is 3.43. The first kappa shape index (κ1) is 10.4. The molecule has 17 heavy (non-hydrogen) atoms. The Labute approximate surface area is 101 Å². The number of hydrogen-bond acceptors (Lipinski definition) is 3. The van der Waals surface area contributed by atoms with E-state index in [9.17, 15) is 0 Å². The van der Waals surface area contributed by atoms with Gasteiger partial charge in [-0.3, -0.25) is 4.98 Å². The van der Waals surface area contributed by atoms with Crippen LogP contribution in [0.1, 0.15) is 24.1 Å². The summed E-state index contributed by atoms with van der Waals surface area (Å²) < 4.78 is 5.24. The molecule has 2 N–H and O–H groups in total. The van der Waals surface area contributed by atoms with Crippen LogP contribution in [0, 0.1) is 0 Å². The molecule has 88 valence electrons. The smallest absolute Gasteiger partial charge is 0.121 e. The van der Waals surface area contributed by atoms with Crippen molar-refractivity contribution < 1.29 is 4.74 Å². The minimum atomic E-state index is 0.702. The predicted molar refractivity (Wildman–Crippen MR) is 69.3 cm³/mol. The number of aryl methyl sites for hydroxylation is 2. The van der Waals surface area contributed by atoms with Crippen LogP contribution in [-0.4, -0.2) is 12.1 Å². The number of nitrogen functional groups attached to an aromatic ring is 1. The molecule has 0 bridgehead atoms. The van der Waals surface area contributed by atoms with Crippen LogP contribution in [-0.2, 0) is 12.8 Å². The van der Waals surface area contributed by atoms with Crippen molar-refractivity contribution >= 4 is 16.6 Å². The van der Waals surface area contributed by atoms with Gasteiger partial charge in [-0.15, -0.1) is 0 Å². The fourth-order valence-electron chi connectivity index (χ4n) is 2.53. The van der Waals surface area contributed by atoms with Crippen molar-refractivity contribution in [3.05, 3.63) is 29.5 Å². The Kier molecular flexibility index (Phi) is 2.39. The molecule has 2 aromatic rings. The van der Waals surface area contributed by atoms with E-state index in [1.807, 2.05) is 12.1 Å². The highest BCUT2D eigenvalue weighted by Crippen LogP contribution is 2.30. The average Bonchev–Trinajstić information content (AvgIpc) is 2.36. The number of nitrogens with two attached hydrogens (primary N) is 1. The number of hydrogen-bond donors (Lipinski definition) is 1. The van der Waals surface area contributed by atoms with Crippen LogP contribution in [0.2, 0.25) is 0 Å². The second kappa shape index (κ2) is 3.91. The van der Waals surface area contributed by atoms with E-state index < -0.39 is 0 Å². The lowest BCUT2D eigenvalue weighted by Gasteiger charge is -2.16. The molecule has 1 aliphatic carbocycles. The monoisotopic (exact) mass is 228 g/mol. The summed E-state index contributed by atoms with van der Waals surface area (Å²) >= 11 is 0. The van der Waals surface area contributed by atoms with Gasteiger partial charge < -0.3 is 10.5 Å². The summed E-state index contributed by atoms with van der Waals surface area (Å²) in [6.45, 7) is 0. The third kappa shape index (κ3) is 1.71. The van der Waals surface area contributed by atoms with Crippen molar-refractivity contribution in [3.8, 4) is 5.75 Å². The Hall–Kier alpha value is -1.77. The molecule has 0 atom stereocenters. The van der Waals surface area contributed by atoms with Crippen LogP contribution in [0.25, 0.3) is 10.9 Å². The molecule has 1 aromatic heterocycles. The van der Waals surface area contributed by atoms with Gasteiger partial charge in [0.1, 0.15) is 5.75 Å². The fraction of sp³-hybridized carbons (Fsp3) is 0.357. The van der Waals surface area contributed by atoms with Crippen LogP contribution in [0.4, 0.5) is 5.69 Å². The molecule has 0 fully saturated rings. The van der Waals surface area contributed by atoms with E-state index in [0.29, 0.717) is 5.69 Å². The molecular weight excluding hydrogens is 212 g/mol. The van der Waals surface area contributed by atoms with Crippen molar-refractivity contribution in [1.82, 2.24) is 4.98 Å². The molecule has 1 aromatic carbocycles. The molecule has 0 saturated carbocycles. The maximum absolute atomic E-state index is 6.02. The lowest BCUT2D eigenvalue weighted by atomic mass is 9.94. The Balaban J connectivity index is 2.26. The maximum Gasteiger partial charge on any atom is 0.121 e. The Morgan fingerprint density at radius 2 is 2.00 bits per heavy atom. The van der Waals surface area contributed by atoms with E-state index in [1.54, 1.807) is 7.11 Å². The number of fused-ring (bicyclic) bond motifs is 2. The number of aromatic nitrogens is 1. The zero-order chi connectivity index (χ0) is 11.8. The number of anilines is 1. The largest absolute Gasteiger partial charge is 0.497 e. The Morgan fingerprint density at radius 3 is 2.82 bits per heavy atom. The van der Waals surface area contributed by atoms with Crippen molar-refractivity contribution in [2.75, 3.05) is 12.8 Å². The van der Waals surface area contributed by atoms with E-state index in [-0.39, 0.29) is 0 Å². The third-order valence-corrected chi connectivity index (χ3v) is 3.43. The van der Waals surface area contributed by atoms with Crippen LogP contribution < -0.4 is 10.5 Å². The van der Waals surface area contributed by atoms with Crippen molar-refractivity contribution in [3.63, 3.8) is 0 Å². The summed E-state index contributed by atoms with van der Waals surface area (Å²) in [5.74, 6) is 0.799. The summed E-state index contributed by atoms with van der Waals surface area (Å²) in [6, 6.07) is 6.06. The zero-order valence-corrected chi connectivity index (χ0v) is 9.99. The standard InChI is InChI=1S/C14H16N2O/c1-17-11-7-10-6-9-4-2-3-5-13(9)16-14(10)12(15)8-11/h6-8H,2-5,15H2,1H3. The van der Waals surface area contributed by atoms with Crippen molar-refractivity contribution in [2.24, 2.45) is 0 Å². The summed E-state index contributed by atoms with van der Waals surface area (Å²) in [7, 11) is 1.66. The Bertz CT molecular complexity index is 578. The van der Waals surface area contributed by atoms with Gasteiger partial charge in [0.25, 0.3) is 0 Å². The van der Waals surface area contributed by atoms with Gasteiger partial charge >= 0.3 is 0 Å². The molecule has 0 radical (unpaired) electrons. The van der Waals surface area contributed by atoms with Gasteiger partial charge in [0.05, 0.1) is 18.3 Å². The maximum atomic E-state index is 6.02. The topological polar surface area (TPSA) is 48.1 Å². The number of ether oxygens (including phenoxy) is 1. The number of pyridine rings is 1. The molecule has 1 aliphatic rings. The molecule has 0 spiro atoms. The molecule has 0 amide bonds. The number of methoxy groups -OCH3 is 1. The highest BCUT2D eigenvalue weighted by Gasteiger charge is 2.13. The summed E-state index contributed by atoms with van der Waals surface area (Å²) in [4.78, 5) is 4.71. The molecule has 3 nitrogen and oxygen atoms in total. The molecule has 3 rings (SSSR count). The highest BCUT2D eigenvalue weighted by molar-refractivity contribution is 5.91. The van der Waals surface area contributed by atoms with E-state index in [4.69, 9.17) is 15.5 Å². The van der Waals surface area contributed by atoms with Crippen molar-refractivity contribution in [2.45, 2.75) is 25.7 Å². The minimum Gasteiger partial charge on any atom is -0.497 e. The number of nitrogens with zero attached hydrogens (tertiary/aromatic N) is 1. The lowest BCUT2D eigenvalue weighted by molar-refractivity contribution is 0.415. The first-order chi connectivity index (χ1) is 8.28. The van der Waals surface area contributed by atoms with Crippen molar-refractivity contribution in [1.29, 1.82) is 0 Å². The zero-order valence-electron chi connectivity index (χ0n) is 9.99. The molecule has 3 heteroatoms. The summed E-state index contributed by atoms with van der Waals surface area (Å²) in [5.41, 5.74) is 10.2. The molecule has 0 saturated heterocycles. The molecular formula is C14H16N2O. The quantitative estimate of drug-likeness (QED) is 0.763.